The molecule has 0 bridgehead atoms. The SMILES string of the molecule is Cc1cc(CC(C)(C)C2CCC(C)CC2=O)n(C)n1. The van der Waals surface area contributed by atoms with Crippen molar-refractivity contribution in [3.05, 3.63) is 17.5 Å². The zero-order chi connectivity index (χ0) is 14.2. The number of ketones is 1. The van der Waals surface area contributed by atoms with Gasteiger partial charge in [0, 0.05) is 25.1 Å². The van der Waals surface area contributed by atoms with Crippen molar-refractivity contribution in [3.8, 4) is 0 Å². The lowest BCUT2D eigenvalue weighted by Crippen LogP contribution is -2.37. The first-order chi connectivity index (χ1) is 8.79. The molecule has 1 heterocycles. The highest BCUT2D eigenvalue weighted by atomic mass is 16.1. The lowest BCUT2D eigenvalue weighted by molar-refractivity contribution is -0.129. The molecule has 1 aromatic heterocycles. The third-order valence-electron chi connectivity index (χ3n) is 4.57. The highest BCUT2D eigenvalue weighted by Gasteiger charge is 2.38. The Morgan fingerprint density at radius 1 is 1.42 bits per heavy atom. The molecular weight excluding hydrogens is 236 g/mol. The van der Waals surface area contributed by atoms with E-state index < -0.39 is 0 Å². The Kier molecular flexibility index (Phi) is 3.84. The molecule has 1 aromatic rings. The monoisotopic (exact) mass is 262 g/mol. The molecule has 1 fully saturated rings. The second-order valence-corrected chi connectivity index (χ2v) is 6.97. The summed E-state index contributed by atoms with van der Waals surface area (Å²) in [7, 11) is 1.99. The average Bonchev–Trinajstić information content (AvgIpc) is 2.55. The van der Waals surface area contributed by atoms with Crippen LogP contribution in [0.4, 0.5) is 0 Å². The van der Waals surface area contributed by atoms with E-state index in [1.807, 2.05) is 18.7 Å². The fraction of sp³-hybridized carbons (Fsp3) is 0.750. The minimum atomic E-state index is 0.0253. The van der Waals surface area contributed by atoms with Gasteiger partial charge < -0.3 is 0 Å². The van der Waals surface area contributed by atoms with Crippen LogP contribution in [0.5, 0.6) is 0 Å². The van der Waals surface area contributed by atoms with Crippen LogP contribution in [0.2, 0.25) is 0 Å². The van der Waals surface area contributed by atoms with E-state index in [2.05, 4.69) is 31.9 Å². The normalized spacial score (nSPS) is 24.8. The summed E-state index contributed by atoms with van der Waals surface area (Å²) in [5.41, 5.74) is 2.31. The number of aromatic nitrogens is 2. The fourth-order valence-corrected chi connectivity index (χ4v) is 3.45. The van der Waals surface area contributed by atoms with E-state index in [1.165, 1.54) is 12.1 Å². The van der Waals surface area contributed by atoms with Crippen LogP contribution in [0.3, 0.4) is 0 Å². The van der Waals surface area contributed by atoms with Gasteiger partial charge in [-0.15, -0.1) is 0 Å². The molecule has 0 amide bonds. The molecule has 3 nitrogen and oxygen atoms in total. The van der Waals surface area contributed by atoms with Crippen molar-refractivity contribution in [1.82, 2.24) is 9.78 Å². The molecule has 2 rings (SSSR count). The smallest absolute Gasteiger partial charge is 0.136 e. The molecule has 19 heavy (non-hydrogen) atoms. The number of Topliss-reactive ketones (excluding diaryl/α,β-unsaturated/α-hetero) is 1. The second kappa shape index (κ2) is 5.10. The Morgan fingerprint density at radius 2 is 2.11 bits per heavy atom. The molecule has 2 unspecified atom stereocenters. The van der Waals surface area contributed by atoms with Gasteiger partial charge in [0.05, 0.1) is 5.69 Å². The maximum absolute atomic E-state index is 12.3. The van der Waals surface area contributed by atoms with Crippen LogP contribution in [0.1, 0.15) is 51.4 Å². The third kappa shape index (κ3) is 3.07. The first-order valence-electron chi connectivity index (χ1n) is 7.32. The van der Waals surface area contributed by atoms with Crippen LogP contribution in [0.15, 0.2) is 6.07 Å². The van der Waals surface area contributed by atoms with Gasteiger partial charge in [-0.25, -0.2) is 0 Å². The highest BCUT2D eigenvalue weighted by Crippen LogP contribution is 2.40. The van der Waals surface area contributed by atoms with Crippen molar-refractivity contribution in [2.45, 2.75) is 53.4 Å². The predicted molar refractivity (Wildman–Crippen MR) is 76.9 cm³/mol. The molecule has 1 aliphatic rings. The van der Waals surface area contributed by atoms with E-state index in [1.54, 1.807) is 0 Å². The Labute approximate surface area is 116 Å². The summed E-state index contributed by atoms with van der Waals surface area (Å²) in [6.45, 7) is 8.66. The quantitative estimate of drug-likeness (QED) is 0.837. The molecule has 106 valence electrons. The van der Waals surface area contributed by atoms with Crippen molar-refractivity contribution < 1.29 is 4.79 Å². The lowest BCUT2D eigenvalue weighted by atomic mass is 9.66. The van der Waals surface area contributed by atoms with E-state index >= 15 is 0 Å². The molecule has 0 aromatic carbocycles. The molecular formula is C16H26N2O. The summed E-state index contributed by atoms with van der Waals surface area (Å²) in [6.07, 6.45) is 3.92. The average molecular weight is 262 g/mol. The predicted octanol–water partition coefficient (Wildman–Crippen LogP) is 3.30. The second-order valence-electron chi connectivity index (χ2n) is 6.97. The van der Waals surface area contributed by atoms with Crippen LogP contribution >= 0.6 is 0 Å². The van der Waals surface area contributed by atoms with E-state index in [-0.39, 0.29) is 11.3 Å². The number of hydrogen-bond donors (Lipinski definition) is 0. The van der Waals surface area contributed by atoms with E-state index in [9.17, 15) is 4.79 Å². The van der Waals surface area contributed by atoms with Gasteiger partial charge in [0.2, 0.25) is 0 Å². The molecule has 3 heteroatoms. The van der Waals surface area contributed by atoms with Crippen LogP contribution < -0.4 is 0 Å². The number of carbonyl (C=O) groups is 1. The minimum absolute atomic E-state index is 0.0253. The molecule has 0 aliphatic heterocycles. The Balaban J connectivity index is 2.13. The first kappa shape index (κ1) is 14.3. The number of nitrogens with zero attached hydrogens (tertiary/aromatic N) is 2. The Morgan fingerprint density at radius 3 is 2.63 bits per heavy atom. The van der Waals surface area contributed by atoms with Crippen molar-refractivity contribution in [3.63, 3.8) is 0 Å². The lowest BCUT2D eigenvalue weighted by Gasteiger charge is -2.37. The van der Waals surface area contributed by atoms with Gasteiger partial charge in [0.1, 0.15) is 5.78 Å². The van der Waals surface area contributed by atoms with Crippen molar-refractivity contribution in [1.29, 1.82) is 0 Å². The Hall–Kier alpha value is -1.12. The van der Waals surface area contributed by atoms with E-state index in [0.29, 0.717) is 11.7 Å². The third-order valence-corrected chi connectivity index (χ3v) is 4.57. The van der Waals surface area contributed by atoms with Gasteiger partial charge in [-0.3, -0.25) is 9.48 Å². The van der Waals surface area contributed by atoms with Gasteiger partial charge in [0.25, 0.3) is 0 Å². The summed E-state index contributed by atoms with van der Waals surface area (Å²) in [5.74, 6) is 1.24. The van der Waals surface area contributed by atoms with Gasteiger partial charge in [0.15, 0.2) is 0 Å². The molecule has 0 spiro atoms. The molecule has 1 aliphatic carbocycles. The summed E-state index contributed by atoms with van der Waals surface area (Å²) in [4.78, 5) is 12.3. The summed E-state index contributed by atoms with van der Waals surface area (Å²) in [5, 5.41) is 4.40. The zero-order valence-electron chi connectivity index (χ0n) is 12.9. The molecule has 1 saturated carbocycles. The number of hydrogen-bond acceptors (Lipinski definition) is 2. The molecule has 0 N–H and O–H groups in total. The number of carbonyl (C=O) groups excluding carboxylic acids is 1. The van der Waals surface area contributed by atoms with Crippen LogP contribution in [0.25, 0.3) is 0 Å². The molecule has 0 radical (unpaired) electrons. The van der Waals surface area contributed by atoms with Crippen LogP contribution in [0, 0.1) is 24.2 Å². The fourth-order valence-electron chi connectivity index (χ4n) is 3.45. The molecule has 2 atom stereocenters. The number of aryl methyl sites for hydroxylation is 2. The van der Waals surface area contributed by atoms with E-state index in [4.69, 9.17) is 0 Å². The van der Waals surface area contributed by atoms with Crippen molar-refractivity contribution in [2.75, 3.05) is 0 Å². The Bertz CT molecular complexity index is 473. The number of rotatable bonds is 3. The first-order valence-corrected chi connectivity index (χ1v) is 7.32. The maximum Gasteiger partial charge on any atom is 0.136 e. The van der Waals surface area contributed by atoms with Gasteiger partial charge in [-0.2, -0.15) is 5.10 Å². The maximum atomic E-state index is 12.3. The van der Waals surface area contributed by atoms with Crippen molar-refractivity contribution >= 4 is 5.78 Å². The standard InChI is InChI=1S/C16H26N2O/c1-11-6-7-14(15(19)8-11)16(3,4)10-13-9-12(2)17-18(13)5/h9,11,14H,6-8,10H2,1-5H3. The molecule has 0 saturated heterocycles. The van der Waals surface area contributed by atoms with Gasteiger partial charge in [-0.1, -0.05) is 20.8 Å². The van der Waals surface area contributed by atoms with Crippen LogP contribution in [-0.4, -0.2) is 15.6 Å². The van der Waals surface area contributed by atoms with Gasteiger partial charge >= 0.3 is 0 Å². The minimum Gasteiger partial charge on any atom is -0.299 e. The highest BCUT2D eigenvalue weighted by molar-refractivity contribution is 5.82. The zero-order valence-corrected chi connectivity index (χ0v) is 12.9. The summed E-state index contributed by atoms with van der Waals surface area (Å²) < 4.78 is 1.95. The largest absolute Gasteiger partial charge is 0.299 e. The van der Waals surface area contributed by atoms with Crippen molar-refractivity contribution in [2.24, 2.45) is 24.3 Å². The topological polar surface area (TPSA) is 34.9 Å². The summed E-state index contributed by atoms with van der Waals surface area (Å²) >= 11 is 0. The van der Waals surface area contributed by atoms with E-state index in [0.717, 1.165) is 25.0 Å². The summed E-state index contributed by atoms with van der Waals surface area (Å²) in [6, 6.07) is 2.14. The van der Waals surface area contributed by atoms with Crippen LogP contribution in [-0.2, 0) is 18.3 Å². The van der Waals surface area contributed by atoms with Gasteiger partial charge in [-0.05, 0) is 43.6 Å².